The molecule has 2 unspecified atom stereocenters. The molecular weight excluding hydrogens is 409 g/mol. The van der Waals surface area contributed by atoms with Gasteiger partial charge in [-0.3, -0.25) is 0 Å². The van der Waals surface area contributed by atoms with E-state index in [4.69, 9.17) is 4.74 Å². The molecule has 2 saturated carbocycles. The topological polar surface area (TPSA) is 9.23 Å². The summed E-state index contributed by atoms with van der Waals surface area (Å²) in [6.07, 6.45) is 10.4. The maximum atomic E-state index is 14.9. The monoisotopic (exact) mass is 446 g/mol. The molecule has 1 aromatic rings. The number of ether oxygens (including phenoxy) is 1. The molecule has 0 N–H and O–H groups in total. The maximum Gasteiger partial charge on any atom is 0.157 e. The van der Waals surface area contributed by atoms with Crippen LogP contribution in [0.3, 0.4) is 0 Å². The van der Waals surface area contributed by atoms with Crippen LogP contribution in [0.15, 0.2) is 41.5 Å². The highest BCUT2D eigenvalue weighted by Gasteiger charge is 2.35. The van der Waals surface area contributed by atoms with Crippen molar-refractivity contribution in [3.05, 3.63) is 52.9 Å². The van der Waals surface area contributed by atoms with Crippen molar-refractivity contribution < 1.29 is 17.9 Å². The zero-order chi connectivity index (χ0) is 22.7. The van der Waals surface area contributed by atoms with Gasteiger partial charge in [0.25, 0.3) is 0 Å². The number of hydrogen-bond donors (Lipinski definition) is 0. The third-order valence-electron chi connectivity index (χ3n) is 8.24. The highest BCUT2D eigenvalue weighted by Crippen LogP contribution is 2.42. The molecule has 0 amide bonds. The van der Waals surface area contributed by atoms with Gasteiger partial charge in [-0.1, -0.05) is 38.0 Å². The highest BCUT2D eigenvalue weighted by molar-refractivity contribution is 5.34. The lowest BCUT2D eigenvalue weighted by molar-refractivity contribution is 0.190. The molecular formula is C28H37F3O. The van der Waals surface area contributed by atoms with E-state index in [1.54, 1.807) is 7.11 Å². The number of methoxy groups -OCH3 is 1. The smallest absolute Gasteiger partial charge is 0.157 e. The molecule has 4 rings (SSSR count). The average Bonchev–Trinajstić information content (AvgIpc) is 2.81. The van der Waals surface area contributed by atoms with Crippen molar-refractivity contribution in [2.24, 2.45) is 17.8 Å². The van der Waals surface area contributed by atoms with Crippen LogP contribution < -0.4 is 4.74 Å². The third kappa shape index (κ3) is 5.26. The second kappa shape index (κ2) is 10.5. The van der Waals surface area contributed by atoms with Gasteiger partial charge in [0.2, 0.25) is 0 Å². The summed E-state index contributed by atoms with van der Waals surface area (Å²) < 4.78 is 49.4. The zero-order valence-electron chi connectivity index (χ0n) is 19.5. The Bertz CT molecular complexity index is 829. The van der Waals surface area contributed by atoms with Crippen LogP contribution in [-0.2, 0) is 0 Å². The first-order valence-corrected chi connectivity index (χ1v) is 12.5. The maximum absolute atomic E-state index is 14.9. The average molecular weight is 447 g/mol. The summed E-state index contributed by atoms with van der Waals surface area (Å²) in [6.45, 7) is 2.25. The van der Waals surface area contributed by atoms with Gasteiger partial charge < -0.3 is 4.74 Å². The van der Waals surface area contributed by atoms with Crippen molar-refractivity contribution in [1.29, 1.82) is 0 Å². The van der Waals surface area contributed by atoms with Crippen molar-refractivity contribution in [3.63, 3.8) is 0 Å². The molecule has 2 fully saturated rings. The predicted molar refractivity (Wildman–Crippen MR) is 124 cm³/mol. The van der Waals surface area contributed by atoms with E-state index in [0.717, 1.165) is 63.4 Å². The molecule has 2 atom stereocenters. The summed E-state index contributed by atoms with van der Waals surface area (Å²) in [7, 11) is 1.54. The van der Waals surface area contributed by atoms with E-state index < -0.39 is 12.3 Å². The Morgan fingerprint density at radius 2 is 1.56 bits per heavy atom. The SMILES string of the molecule is COc1ccc(C2CCC(CCC3=CC=C(C4CCC(C)CC4)C(F)C3F)CC2)c(F)c1. The summed E-state index contributed by atoms with van der Waals surface area (Å²) in [5.74, 6) is 2.01. The number of halogens is 3. The first kappa shape index (κ1) is 23.4. The van der Waals surface area contributed by atoms with Crippen molar-refractivity contribution in [1.82, 2.24) is 0 Å². The van der Waals surface area contributed by atoms with Crippen molar-refractivity contribution in [3.8, 4) is 5.75 Å². The molecule has 4 heteroatoms. The number of allylic oxidation sites excluding steroid dienone is 4. The standard InChI is InChI=1S/C28H37F3O/c1-18-3-8-21(9-4-18)25-15-13-22(27(30)28(25)31)12-7-19-5-10-20(11-6-19)24-16-14-23(32-2)17-26(24)29/h13-21,27-28H,3-12H2,1-2H3. The Balaban J connectivity index is 1.29. The fraction of sp³-hybridized carbons (Fsp3) is 0.643. The number of alkyl halides is 2. The summed E-state index contributed by atoms with van der Waals surface area (Å²) in [6, 6.07) is 5.13. The van der Waals surface area contributed by atoms with Gasteiger partial charge in [-0.2, -0.15) is 0 Å². The van der Waals surface area contributed by atoms with Crippen LogP contribution in [0.4, 0.5) is 13.2 Å². The van der Waals surface area contributed by atoms with E-state index >= 15 is 0 Å². The lowest BCUT2D eigenvalue weighted by Crippen LogP contribution is -2.30. The lowest BCUT2D eigenvalue weighted by Gasteiger charge is -2.33. The van der Waals surface area contributed by atoms with E-state index in [9.17, 15) is 13.2 Å². The predicted octanol–water partition coefficient (Wildman–Crippen LogP) is 8.26. The van der Waals surface area contributed by atoms with Gasteiger partial charge >= 0.3 is 0 Å². The van der Waals surface area contributed by atoms with Gasteiger partial charge in [0, 0.05) is 6.07 Å². The van der Waals surface area contributed by atoms with Gasteiger partial charge in [-0.25, -0.2) is 13.2 Å². The molecule has 0 saturated heterocycles. The fourth-order valence-corrected chi connectivity index (χ4v) is 6.02. The van der Waals surface area contributed by atoms with Crippen molar-refractivity contribution in [2.45, 2.75) is 89.4 Å². The van der Waals surface area contributed by atoms with Crippen LogP contribution in [0.1, 0.15) is 82.6 Å². The van der Waals surface area contributed by atoms with Crippen molar-refractivity contribution in [2.75, 3.05) is 7.11 Å². The van der Waals surface area contributed by atoms with Crippen LogP contribution in [0.5, 0.6) is 5.75 Å². The van der Waals surface area contributed by atoms with Crippen LogP contribution in [0.25, 0.3) is 0 Å². The highest BCUT2D eigenvalue weighted by atomic mass is 19.2. The molecule has 0 radical (unpaired) electrons. The third-order valence-corrected chi connectivity index (χ3v) is 8.24. The van der Waals surface area contributed by atoms with E-state index in [0.29, 0.717) is 35.2 Å². The van der Waals surface area contributed by atoms with Crippen LogP contribution in [0, 0.1) is 23.6 Å². The molecule has 1 nitrogen and oxygen atoms in total. The Labute approximate surface area is 191 Å². The second-order valence-corrected chi connectivity index (χ2v) is 10.3. The molecule has 0 bridgehead atoms. The fourth-order valence-electron chi connectivity index (χ4n) is 6.02. The van der Waals surface area contributed by atoms with E-state index in [-0.39, 0.29) is 17.7 Å². The molecule has 3 aliphatic rings. The normalized spacial score (nSPS) is 33.4. The van der Waals surface area contributed by atoms with E-state index in [1.807, 2.05) is 24.3 Å². The molecule has 176 valence electrons. The largest absolute Gasteiger partial charge is 0.497 e. The molecule has 3 aliphatic carbocycles. The molecule has 0 aliphatic heterocycles. The first-order valence-electron chi connectivity index (χ1n) is 12.5. The summed E-state index contributed by atoms with van der Waals surface area (Å²) in [5.41, 5.74) is 2.09. The molecule has 32 heavy (non-hydrogen) atoms. The van der Waals surface area contributed by atoms with Gasteiger partial charge in [0.05, 0.1) is 7.11 Å². The summed E-state index contributed by atoms with van der Waals surface area (Å²) >= 11 is 0. The van der Waals surface area contributed by atoms with E-state index in [1.165, 1.54) is 6.07 Å². The summed E-state index contributed by atoms with van der Waals surface area (Å²) in [4.78, 5) is 0. The van der Waals surface area contributed by atoms with Gasteiger partial charge in [-0.05, 0) is 97.8 Å². The molecule has 0 aromatic heterocycles. The van der Waals surface area contributed by atoms with Crippen LogP contribution in [0.2, 0.25) is 0 Å². The second-order valence-electron chi connectivity index (χ2n) is 10.3. The van der Waals surface area contributed by atoms with Crippen LogP contribution in [-0.4, -0.2) is 19.5 Å². The molecule has 1 aromatic carbocycles. The Morgan fingerprint density at radius 1 is 0.875 bits per heavy atom. The van der Waals surface area contributed by atoms with E-state index in [2.05, 4.69) is 6.92 Å². The Hall–Kier alpha value is -1.71. The quantitative estimate of drug-likeness (QED) is 0.427. The minimum absolute atomic E-state index is 0.190. The number of hydrogen-bond acceptors (Lipinski definition) is 1. The minimum atomic E-state index is -1.49. The number of rotatable bonds is 6. The first-order chi connectivity index (χ1) is 15.5. The Morgan fingerprint density at radius 3 is 2.22 bits per heavy atom. The van der Waals surface area contributed by atoms with Crippen LogP contribution >= 0.6 is 0 Å². The molecule has 0 heterocycles. The van der Waals surface area contributed by atoms with Gasteiger partial charge in [0.15, 0.2) is 12.3 Å². The van der Waals surface area contributed by atoms with Gasteiger partial charge in [-0.15, -0.1) is 0 Å². The number of benzene rings is 1. The minimum Gasteiger partial charge on any atom is -0.497 e. The molecule has 0 spiro atoms. The summed E-state index contributed by atoms with van der Waals surface area (Å²) in [5, 5.41) is 0. The van der Waals surface area contributed by atoms with Gasteiger partial charge in [0.1, 0.15) is 11.6 Å². The van der Waals surface area contributed by atoms with Crippen molar-refractivity contribution >= 4 is 0 Å². The Kier molecular flexibility index (Phi) is 7.68. The zero-order valence-corrected chi connectivity index (χ0v) is 19.5. The lowest BCUT2D eigenvalue weighted by atomic mass is 9.74.